The molecule has 0 unspecified atom stereocenters. The number of amides is 2. The van der Waals surface area contributed by atoms with E-state index >= 15 is 0 Å². The molecule has 0 saturated carbocycles. The molecule has 27 heavy (non-hydrogen) atoms. The zero-order chi connectivity index (χ0) is 19.9. The van der Waals surface area contributed by atoms with Crippen LogP contribution in [0.2, 0.25) is 0 Å². The Balaban J connectivity index is 1.84. The van der Waals surface area contributed by atoms with Gasteiger partial charge in [-0.3, -0.25) is 0 Å². The highest BCUT2D eigenvalue weighted by Crippen LogP contribution is 2.32. The van der Waals surface area contributed by atoms with E-state index in [-0.39, 0.29) is 25.3 Å². The van der Waals surface area contributed by atoms with Crippen molar-refractivity contribution < 1.29 is 27.4 Å². The minimum atomic E-state index is -4.46. The maximum absolute atomic E-state index is 13.0. The highest BCUT2D eigenvalue weighted by Gasteiger charge is 2.33. The number of halogens is 3. The molecule has 8 heteroatoms. The van der Waals surface area contributed by atoms with Crippen molar-refractivity contribution in [2.75, 3.05) is 27.3 Å². The maximum atomic E-state index is 13.0. The number of nitrogens with one attached hydrogen (secondary N) is 1. The number of benzene rings is 2. The van der Waals surface area contributed by atoms with E-state index < -0.39 is 17.8 Å². The van der Waals surface area contributed by atoms with Crippen LogP contribution in [-0.2, 0) is 12.7 Å². The van der Waals surface area contributed by atoms with Crippen LogP contribution in [-0.4, -0.2) is 38.2 Å². The van der Waals surface area contributed by atoms with Crippen molar-refractivity contribution in [1.29, 1.82) is 0 Å². The first-order valence-electron chi connectivity index (χ1n) is 8.23. The van der Waals surface area contributed by atoms with Gasteiger partial charge in [0.1, 0.15) is 6.61 Å². The van der Waals surface area contributed by atoms with E-state index in [1.165, 1.54) is 37.3 Å². The van der Waals surface area contributed by atoms with Crippen LogP contribution in [0.1, 0.15) is 11.1 Å². The summed E-state index contributed by atoms with van der Waals surface area (Å²) in [6, 6.07) is 11.8. The highest BCUT2D eigenvalue weighted by molar-refractivity contribution is 5.73. The Morgan fingerprint density at radius 3 is 2.37 bits per heavy atom. The third kappa shape index (κ3) is 5.80. The van der Waals surface area contributed by atoms with Crippen LogP contribution in [0.4, 0.5) is 18.0 Å². The molecular formula is C19H21F3N2O3. The minimum absolute atomic E-state index is 0.0351. The fourth-order valence-electron chi connectivity index (χ4n) is 2.45. The van der Waals surface area contributed by atoms with Crippen LogP contribution in [0.25, 0.3) is 0 Å². The molecule has 0 bridgehead atoms. The summed E-state index contributed by atoms with van der Waals surface area (Å²) in [6.45, 7) is 0.232. The molecule has 2 rings (SSSR count). The Kier molecular flexibility index (Phi) is 6.92. The van der Waals surface area contributed by atoms with Crippen molar-refractivity contribution in [2.45, 2.75) is 12.7 Å². The molecule has 0 radical (unpaired) electrons. The molecule has 0 aliphatic rings. The fourth-order valence-corrected chi connectivity index (χ4v) is 2.45. The summed E-state index contributed by atoms with van der Waals surface area (Å²) in [5.74, 6) is 1.12. The van der Waals surface area contributed by atoms with Crippen molar-refractivity contribution in [3.63, 3.8) is 0 Å². The molecule has 0 aliphatic carbocycles. The molecule has 0 saturated heterocycles. The third-order valence-corrected chi connectivity index (χ3v) is 3.78. The van der Waals surface area contributed by atoms with Gasteiger partial charge in [0.25, 0.3) is 0 Å². The number of carbonyl (C=O) groups is 1. The number of rotatable bonds is 7. The Bertz CT molecular complexity index is 766. The average Bonchev–Trinajstić information content (AvgIpc) is 2.64. The number of ether oxygens (including phenoxy) is 2. The number of para-hydroxylation sites is 2. The zero-order valence-corrected chi connectivity index (χ0v) is 15.0. The predicted octanol–water partition coefficient (Wildman–Crippen LogP) is 3.93. The number of urea groups is 1. The van der Waals surface area contributed by atoms with Gasteiger partial charge in [0, 0.05) is 13.6 Å². The Morgan fingerprint density at radius 1 is 1.07 bits per heavy atom. The largest absolute Gasteiger partial charge is 0.493 e. The number of hydrogen-bond acceptors (Lipinski definition) is 3. The number of hydrogen-bond donors (Lipinski definition) is 1. The average molecular weight is 382 g/mol. The Labute approximate surface area is 155 Å². The summed E-state index contributed by atoms with van der Waals surface area (Å²) < 4.78 is 49.8. The molecule has 0 aromatic heterocycles. The quantitative estimate of drug-likeness (QED) is 0.738. The van der Waals surface area contributed by atoms with E-state index in [9.17, 15) is 18.0 Å². The summed E-state index contributed by atoms with van der Waals surface area (Å²) >= 11 is 0. The van der Waals surface area contributed by atoms with Crippen molar-refractivity contribution in [1.82, 2.24) is 10.2 Å². The van der Waals surface area contributed by atoms with Crippen LogP contribution in [0, 0.1) is 0 Å². The molecule has 0 heterocycles. The molecule has 1 N–H and O–H groups in total. The monoisotopic (exact) mass is 382 g/mol. The van der Waals surface area contributed by atoms with Crippen LogP contribution in [0.5, 0.6) is 11.5 Å². The topological polar surface area (TPSA) is 50.8 Å². The van der Waals surface area contributed by atoms with Gasteiger partial charge in [-0.2, -0.15) is 13.2 Å². The van der Waals surface area contributed by atoms with Gasteiger partial charge in [-0.1, -0.05) is 30.3 Å². The summed E-state index contributed by atoms with van der Waals surface area (Å²) in [5.41, 5.74) is -0.711. The van der Waals surface area contributed by atoms with E-state index in [1.54, 1.807) is 24.3 Å². The van der Waals surface area contributed by atoms with E-state index in [2.05, 4.69) is 5.32 Å². The van der Waals surface area contributed by atoms with Crippen LogP contribution in [0.3, 0.4) is 0 Å². The lowest BCUT2D eigenvalue weighted by Crippen LogP contribution is -2.39. The number of nitrogens with zero attached hydrogens (tertiary/aromatic N) is 1. The van der Waals surface area contributed by atoms with Gasteiger partial charge < -0.3 is 19.7 Å². The van der Waals surface area contributed by atoms with Crippen molar-refractivity contribution in [2.24, 2.45) is 0 Å². The molecule has 2 amide bonds. The molecular weight excluding hydrogens is 361 g/mol. The number of methoxy groups -OCH3 is 1. The molecule has 146 valence electrons. The first-order valence-corrected chi connectivity index (χ1v) is 8.23. The van der Waals surface area contributed by atoms with Gasteiger partial charge >= 0.3 is 12.2 Å². The summed E-state index contributed by atoms with van der Waals surface area (Å²) in [6.07, 6.45) is -4.46. The standard InChI is InChI=1S/C19H21F3N2O3/c1-24(13-14-7-3-4-8-15(14)19(20,21)22)18(25)23-11-12-27-17-10-6-5-9-16(17)26-2/h3-10H,11-13H2,1-2H3,(H,23,25). The minimum Gasteiger partial charge on any atom is -0.493 e. The first kappa shape index (κ1) is 20.4. The first-order chi connectivity index (χ1) is 12.8. The normalized spacial score (nSPS) is 11.0. The van der Waals surface area contributed by atoms with Crippen molar-refractivity contribution in [3.8, 4) is 11.5 Å². The van der Waals surface area contributed by atoms with Gasteiger partial charge in [-0.05, 0) is 23.8 Å². The second kappa shape index (κ2) is 9.16. The second-order valence-corrected chi connectivity index (χ2v) is 5.74. The van der Waals surface area contributed by atoms with Crippen LogP contribution < -0.4 is 14.8 Å². The molecule has 0 atom stereocenters. The molecule has 0 fully saturated rings. The highest BCUT2D eigenvalue weighted by atomic mass is 19.4. The van der Waals surface area contributed by atoms with E-state index in [0.29, 0.717) is 11.5 Å². The SMILES string of the molecule is COc1ccccc1OCCNC(=O)N(C)Cc1ccccc1C(F)(F)F. The van der Waals surface area contributed by atoms with E-state index in [4.69, 9.17) is 9.47 Å². The third-order valence-electron chi connectivity index (χ3n) is 3.78. The molecule has 5 nitrogen and oxygen atoms in total. The van der Waals surface area contributed by atoms with Gasteiger partial charge in [0.15, 0.2) is 11.5 Å². The lowest BCUT2D eigenvalue weighted by molar-refractivity contribution is -0.138. The van der Waals surface area contributed by atoms with Gasteiger partial charge in [-0.25, -0.2) is 4.79 Å². The Morgan fingerprint density at radius 2 is 1.70 bits per heavy atom. The number of alkyl halides is 3. The maximum Gasteiger partial charge on any atom is 0.416 e. The van der Waals surface area contributed by atoms with Crippen LogP contribution in [0.15, 0.2) is 48.5 Å². The lowest BCUT2D eigenvalue weighted by Gasteiger charge is -2.20. The molecule has 2 aromatic rings. The van der Waals surface area contributed by atoms with Gasteiger partial charge in [0.2, 0.25) is 0 Å². The van der Waals surface area contributed by atoms with Gasteiger partial charge in [0.05, 0.1) is 19.2 Å². The smallest absolute Gasteiger partial charge is 0.416 e. The summed E-state index contributed by atoms with van der Waals surface area (Å²) in [4.78, 5) is 13.3. The lowest BCUT2D eigenvalue weighted by atomic mass is 10.1. The predicted molar refractivity (Wildman–Crippen MR) is 94.8 cm³/mol. The van der Waals surface area contributed by atoms with Crippen molar-refractivity contribution in [3.05, 3.63) is 59.7 Å². The van der Waals surface area contributed by atoms with E-state index in [0.717, 1.165) is 6.07 Å². The van der Waals surface area contributed by atoms with Crippen molar-refractivity contribution >= 4 is 6.03 Å². The van der Waals surface area contributed by atoms with Gasteiger partial charge in [-0.15, -0.1) is 0 Å². The summed E-state index contributed by atoms with van der Waals surface area (Å²) in [7, 11) is 2.96. The second-order valence-electron chi connectivity index (χ2n) is 5.74. The zero-order valence-electron chi connectivity index (χ0n) is 15.0. The molecule has 0 aliphatic heterocycles. The molecule has 2 aromatic carbocycles. The fraction of sp³-hybridized carbons (Fsp3) is 0.316. The van der Waals surface area contributed by atoms with E-state index in [1.807, 2.05) is 0 Å². The Hall–Kier alpha value is -2.90. The van der Waals surface area contributed by atoms with Crippen LogP contribution >= 0.6 is 0 Å². The summed E-state index contributed by atoms with van der Waals surface area (Å²) in [5, 5.41) is 2.61. The molecule has 0 spiro atoms. The number of carbonyl (C=O) groups excluding carboxylic acids is 1.